The molecular weight excluding hydrogens is 411 g/mol. The third-order valence-corrected chi connectivity index (χ3v) is 6.43. The Balaban J connectivity index is 1.60. The number of hydrogen-bond acceptors (Lipinski definition) is 5. The number of ketones is 1. The number of benzene rings is 1. The van der Waals surface area contributed by atoms with Gasteiger partial charge < -0.3 is 4.74 Å². The largest absolute Gasteiger partial charge is 0.438 e. The van der Waals surface area contributed by atoms with Crippen molar-refractivity contribution >= 4 is 29.3 Å². The number of halogens is 2. The second-order valence-corrected chi connectivity index (χ2v) is 8.53. The number of thioether (sulfide) groups is 1. The fraction of sp³-hybridized carbons (Fsp3) is 0.455. The Morgan fingerprint density at radius 3 is 2.83 bits per heavy atom. The van der Waals surface area contributed by atoms with Crippen LogP contribution in [-0.4, -0.2) is 23.1 Å². The zero-order valence-corrected chi connectivity index (χ0v) is 18.1. The molecule has 156 valence electrons. The summed E-state index contributed by atoms with van der Waals surface area (Å²) in [5.41, 5.74) is 0.203. The highest BCUT2D eigenvalue weighted by Crippen LogP contribution is 2.30. The van der Waals surface area contributed by atoms with Gasteiger partial charge in [-0.3, -0.25) is 4.79 Å². The van der Waals surface area contributed by atoms with Gasteiger partial charge in [-0.05, 0) is 80.3 Å². The van der Waals surface area contributed by atoms with Crippen LogP contribution in [0, 0.1) is 11.7 Å². The molecule has 0 atom stereocenters. The van der Waals surface area contributed by atoms with Crippen LogP contribution in [0.4, 0.5) is 4.39 Å². The summed E-state index contributed by atoms with van der Waals surface area (Å²) in [7, 11) is 0. The molecular formula is C22H26ClFN2O2S. The molecule has 1 saturated carbocycles. The van der Waals surface area contributed by atoms with Crippen molar-refractivity contribution in [1.29, 1.82) is 0 Å². The minimum absolute atomic E-state index is 0.135. The lowest BCUT2D eigenvalue weighted by Gasteiger charge is -2.27. The first-order valence-electron chi connectivity index (χ1n) is 9.96. The molecule has 1 heterocycles. The van der Waals surface area contributed by atoms with E-state index in [-0.39, 0.29) is 17.2 Å². The number of nitrogens with one attached hydrogen (secondary N) is 1. The van der Waals surface area contributed by atoms with Gasteiger partial charge in [0, 0.05) is 17.4 Å². The van der Waals surface area contributed by atoms with Crippen molar-refractivity contribution in [1.82, 2.24) is 9.82 Å². The molecule has 0 amide bonds. The normalized spacial score (nSPS) is 19.1. The van der Waals surface area contributed by atoms with Crippen LogP contribution in [0.3, 0.4) is 0 Å². The Bertz CT molecular complexity index is 828. The zero-order valence-electron chi connectivity index (χ0n) is 16.5. The summed E-state index contributed by atoms with van der Waals surface area (Å²) < 4.78 is 19.6. The second kappa shape index (κ2) is 11.0. The summed E-state index contributed by atoms with van der Waals surface area (Å²) in [4.78, 5) is 20.6. The maximum atomic E-state index is 13.8. The van der Waals surface area contributed by atoms with Crippen LogP contribution in [0.5, 0.6) is 11.6 Å². The van der Waals surface area contributed by atoms with E-state index >= 15 is 0 Å². The third-order valence-electron chi connectivity index (χ3n) is 5.39. The maximum absolute atomic E-state index is 13.8. The molecule has 1 aliphatic carbocycles. The molecule has 0 bridgehead atoms. The van der Waals surface area contributed by atoms with Gasteiger partial charge in [0.25, 0.3) is 0 Å². The number of ether oxygens (including phenoxy) is 1. The summed E-state index contributed by atoms with van der Waals surface area (Å²) in [6.45, 7) is 0. The van der Waals surface area contributed by atoms with Crippen molar-refractivity contribution in [2.24, 2.45) is 5.92 Å². The van der Waals surface area contributed by atoms with Crippen LogP contribution in [-0.2, 0) is 0 Å². The quantitative estimate of drug-likeness (QED) is 0.280. The Kier molecular flexibility index (Phi) is 8.33. The molecule has 0 unspecified atom stereocenters. The van der Waals surface area contributed by atoms with Crippen LogP contribution in [0.15, 0.2) is 41.4 Å². The van der Waals surface area contributed by atoms with Crippen molar-refractivity contribution in [3.8, 4) is 11.6 Å². The minimum atomic E-state index is -0.537. The summed E-state index contributed by atoms with van der Waals surface area (Å²) in [6.07, 6.45) is 9.58. The van der Waals surface area contributed by atoms with Gasteiger partial charge in [-0.1, -0.05) is 12.5 Å². The molecule has 3 rings (SSSR count). The Labute approximate surface area is 180 Å². The van der Waals surface area contributed by atoms with E-state index in [2.05, 4.69) is 9.82 Å². The number of pyridine rings is 1. The van der Waals surface area contributed by atoms with E-state index in [1.165, 1.54) is 6.07 Å². The molecule has 2 aromatic rings. The van der Waals surface area contributed by atoms with Crippen LogP contribution in [0.2, 0.25) is 0 Å². The number of aromatic nitrogens is 1. The van der Waals surface area contributed by atoms with Gasteiger partial charge in [-0.25, -0.2) is 14.2 Å². The van der Waals surface area contributed by atoms with E-state index in [4.69, 9.17) is 16.5 Å². The minimum Gasteiger partial charge on any atom is -0.438 e. The summed E-state index contributed by atoms with van der Waals surface area (Å²) in [6, 6.07) is 9.14. The Morgan fingerprint density at radius 1 is 1.31 bits per heavy atom. The lowest BCUT2D eigenvalue weighted by atomic mass is 9.83. The van der Waals surface area contributed by atoms with Gasteiger partial charge in [-0.15, -0.1) is 11.8 Å². The smallest absolute Gasteiger partial charge is 0.230 e. The van der Waals surface area contributed by atoms with Crippen LogP contribution in [0.25, 0.3) is 0 Å². The van der Waals surface area contributed by atoms with E-state index in [0.29, 0.717) is 24.1 Å². The standard InChI is InChI=1S/C22H26ClFN2O2S/c1-29-19-6-3-5-18(13-19)28-22-20(12-16(24)14-25-22)21(27)7-2-4-15-8-10-17(26-23)11-9-15/h3,5-6,12-15,17,26H,2,4,7-11H2,1H3. The van der Waals surface area contributed by atoms with Gasteiger partial charge in [0.05, 0.1) is 11.8 Å². The van der Waals surface area contributed by atoms with Crippen molar-refractivity contribution in [3.63, 3.8) is 0 Å². The van der Waals surface area contributed by atoms with E-state index in [9.17, 15) is 9.18 Å². The summed E-state index contributed by atoms with van der Waals surface area (Å²) in [5, 5.41) is 0. The highest BCUT2D eigenvalue weighted by Gasteiger charge is 2.21. The number of carbonyl (C=O) groups excluding carboxylic acids is 1. The first kappa shape index (κ1) is 22.1. The molecule has 1 fully saturated rings. The molecule has 4 nitrogen and oxygen atoms in total. The topological polar surface area (TPSA) is 51.2 Å². The SMILES string of the molecule is CSc1cccc(Oc2ncc(F)cc2C(=O)CCCC2CCC(NCl)CC2)c1. The maximum Gasteiger partial charge on any atom is 0.230 e. The van der Waals surface area contributed by atoms with E-state index in [0.717, 1.165) is 49.6 Å². The first-order chi connectivity index (χ1) is 14.1. The highest BCUT2D eigenvalue weighted by molar-refractivity contribution is 7.98. The average Bonchev–Trinajstić information content (AvgIpc) is 2.75. The molecule has 1 aromatic heterocycles. The highest BCUT2D eigenvalue weighted by atomic mass is 35.5. The predicted molar refractivity (Wildman–Crippen MR) is 115 cm³/mol. The van der Waals surface area contributed by atoms with Crippen molar-refractivity contribution < 1.29 is 13.9 Å². The van der Waals surface area contributed by atoms with E-state index in [1.807, 2.05) is 24.5 Å². The van der Waals surface area contributed by atoms with Crippen molar-refractivity contribution in [3.05, 3.63) is 47.9 Å². The molecule has 1 aliphatic rings. The number of nitrogens with zero attached hydrogens (tertiary/aromatic N) is 1. The van der Waals surface area contributed by atoms with Gasteiger partial charge in [-0.2, -0.15) is 0 Å². The summed E-state index contributed by atoms with van der Waals surface area (Å²) >= 11 is 7.29. The van der Waals surface area contributed by atoms with Crippen molar-refractivity contribution in [2.45, 2.75) is 55.9 Å². The van der Waals surface area contributed by atoms with Crippen LogP contribution in [0.1, 0.15) is 55.3 Å². The molecule has 29 heavy (non-hydrogen) atoms. The lowest BCUT2D eigenvalue weighted by Crippen LogP contribution is -2.27. The summed E-state index contributed by atoms with van der Waals surface area (Å²) in [5.74, 6) is 0.687. The fourth-order valence-corrected chi connectivity index (χ4v) is 4.40. The van der Waals surface area contributed by atoms with Gasteiger partial charge in [0.15, 0.2) is 5.78 Å². The van der Waals surface area contributed by atoms with Crippen LogP contribution < -0.4 is 9.57 Å². The molecule has 0 radical (unpaired) electrons. The molecule has 1 aromatic carbocycles. The molecule has 0 saturated heterocycles. The fourth-order valence-electron chi connectivity index (χ4n) is 3.73. The number of Topliss-reactive ketones (excluding diaryl/α,β-unsaturated/α-hetero) is 1. The third kappa shape index (κ3) is 6.43. The molecule has 0 spiro atoms. The Hall–Kier alpha value is -1.63. The van der Waals surface area contributed by atoms with E-state index < -0.39 is 5.82 Å². The average molecular weight is 437 g/mol. The Morgan fingerprint density at radius 2 is 2.10 bits per heavy atom. The lowest BCUT2D eigenvalue weighted by molar-refractivity contribution is 0.0973. The number of rotatable bonds is 9. The van der Waals surface area contributed by atoms with Gasteiger partial charge in [0.1, 0.15) is 11.6 Å². The monoisotopic (exact) mass is 436 g/mol. The van der Waals surface area contributed by atoms with Gasteiger partial charge >= 0.3 is 0 Å². The zero-order chi connectivity index (χ0) is 20.6. The number of carbonyl (C=O) groups is 1. The number of hydrogen-bond donors (Lipinski definition) is 1. The van der Waals surface area contributed by atoms with Crippen LogP contribution >= 0.6 is 23.5 Å². The van der Waals surface area contributed by atoms with Crippen molar-refractivity contribution in [2.75, 3.05) is 6.26 Å². The van der Waals surface area contributed by atoms with E-state index in [1.54, 1.807) is 17.8 Å². The predicted octanol–water partition coefficient (Wildman–Crippen LogP) is 6.39. The molecule has 1 N–H and O–H groups in total. The van der Waals surface area contributed by atoms with Gasteiger partial charge in [0.2, 0.25) is 5.88 Å². The molecule has 7 heteroatoms. The molecule has 0 aliphatic heterocycles. The first-order valence-corrected chi connectivity index (χ1v) is 11.6. The second-order valence-electron chi connectivity index (χ2n) is 7.43.